The molecule has 0 bridgehead atoms. The highest BCUT2D eigenvalue weighted by Crippen LogP contribution is 2.44. The summed E-state index contributed by atoms with van der Waals surface area (Å²) >= 11 is 0. The Bertz CT molecular complexity index is 818. The van der Waals surface area contributed by atoms with E-state index in [1.165, 1.54) is 0 Å². The molecule has 1 aromatic carbocycles. The molecule has 0 amide bonds. The van der Waals surface area contributed by atoms with Crippen LogP contribution in [-0.4, -0.2) is 27.6 Å². The molecule has 2 atom stereocenters. The lowest BCUT2D eigenvalue weighted by molar-refractivity contribution is -0.178. The van der Waals surface area contributed by atoms with E-state index in [0.29, 0.717) is 0 Å². The first-order valence-corrected chi connectivity index (χ1v) is 7.96. The van der Waals surface area contributed by atoms with Crippen molar-refractivity contribution in [2.75, 3.05) is 0 Å². The first-order valence-electron chi connectivity index (χ1n) is 7.96. The second-order valence-corrected chi connectivity index (χ2v) is 7.44. The molecule has 0 fully saturated rings. The number of nitrogens with one attached hydrogen (secondary N) is 1. The SMILES string of the molecule is CC(C)(C)OC(=O)C1(C(=O)O)Cc2c([nH]c3ccccc23)C(N)C1. The topological polar surface area (TPSA) is 105 Å². The number of hydrogen-bond donors (Lipinski definition) is 3. The number of carboxylic acids is 1. The van der Waals surface area contributed by atoms with E-state index < -0.39 is 29.0 Å². The minimum atomic E-state index is -1.66. The van der Waals surface area contributed by atoms with Crippen molar-refractivity contribution >= 4 is 22.8 Å². The van der Waals surface area contributed by atoms with Gasteiger partial charge in [0, 0.05) is 29.1 Å². The van der Waals surface area contributed by atoms with Gasteiger partial charge in [0.2, 0.25) is 0 Å². The maximum Gasteiger partial charge on any atom is 0.324 e. The number of ether oxygens (including phenoxy) is 1. The third-order valence-corrected chi connectivity index (χ3v) is 4.46. The monoisotopic (exact) mass is 330 g/mol. The first-order chi connectivity index (χ1) is 11.1. The molecule has 1 aliphatic carbocycles. The van der Waals surface area contributed by atoms with Crippen molar-refractivity contribution in [3.8, 4) is 0 Å². The zero-order chi connectivity index (χ0) is 17.7. The van der Waals surface area contributed by atoms with Gasteiger partial charge in [0.25, 0.3) is 0 Å². The lowest BCUT2D eigenvalue weighted by Crippen LogP contribution is -2.49. The summed E-state index contributed by atoms with van der Waals surface area (Å²) in [7, 11) is 0. The van der Waals surface area contributed by atoms with Crippen LogP contribution in [0.2, 0.25) is 0 Å². The smallest absolute Gasteiger partial charge is 0.324 e. The number of fused-ring (bicyclic) bond motifs is 3. The number of aliphatic carboxylic acids is 1. The van der Waals surface area contributed by atoms with Crippen LogP contribution in [0.1, 0.15) is 44.5 Å². The summed E-state index contributed by atoms with van der Waals surface area (Å²) in [6.07, 6.45) is 0.0847. The number of para-hydroxylation sites is 1. The number of aromatic amines is 1. The van der Waals surface area contributed by atoms with Gasteiger partial charge in [-0.2, -0.15) is 0 Å². The third-order valence-electron chi connectivity index (χ3n) is 4.46. The Balaban J connectivity index is 2.11. The van der Waals surface area contributed by atoms with E-state index in [1.54, 1.807) is 20.8 Å². The molecule has 0 spiro atoms. The predicted octanol–water partition coefficient (Wildman–Crippen LogP) is 2.53. The van der Waals surface area contributed by atoms with E-state index in [1.807, 2.05) is 24.3 Å². The number of carboxylic acid groups (broad SMARTS) is 1. The van der Waals surface area contributed by atoms with Gasteiger partial charge < -0.3 is 20.6 Å². The van der Waals surface area contributed by atoms with E-state index in [4.69, 9.17) is 10.5 Å². The van der Waals surface area contributed by atoms with Crippen molar-refractivity contribution in [3.05, 3.63) is 35.5 Å². The molecule has 2 unspecified atom stereocenters. The van der Waals surface area contributed by atoms with Crippen molar-refractivity contribution < 1.29 is 19.4 Å². The minimum absolute atomic E-state index is 0.0110. The lowest BCUT2D eigenvalue weighted by atomic mass is 9.71. The zero-order valence-corrected chi connectivity index (χ0v) is 14.1. The molecule has 3 rings (SSSR count). The Morgan fingerprint density at radius 2 is 2.00 bits per heavy atom. The van der Waals surface area contributed by atoms with E-state index >= 15 is 0 Å². The van der Waals surface area contributed by atoms with Crippen molar-refractivity contribution in [1.29, 1.82) is 0 Å². The number of nitrogens with two attached hydrogens (primary N) is 1. The summed E-state index contributed by atoms with van der Waals surface area (Å²) < 4.78 is 5.41. The van der Waals surface area contributed by atoms with E-state index in [0.717, 1.165) is 22.2 Å². The van der Waals surface area contributed by atoms with Gasteiger partial charge in [0.05, 0.1) is 0 Å². The molecule has 1 heterocycles. The fourth-order valence-corrected chi connectivity index (χ4v) is 3.36. The second kappa shape index (κ2) is 5.34. The Morgan fingerprint density at radius 3 is 2.62 bits per heavy atom. The molecule has 1 aromatic heterocycles. The fraction of sp³-hybridized carbons (Fsp3) is 0.444. The number of rotatable bonds is 2. The van der Waals surface area contributed by atoms with Crippen LogP contribution in [0.25, 0.3) is 10.9 Å². The summed E-state index contributed by atoms with van der Waals surface area (Å²) in [5.74, 6) is -1.92. The van der Waals surface area contributed by atoms with Gasteiger partial charge in [-0.15, -0.1) is 0 Å². The van der Waals surface area contributed by atoms with Gasteiger partial charge in [-0.25, -0.2) is 0 Å². The van der Waals surface area contributed by atoms with E-state index in [-0.39, 0.29) is 12.8 Å². The largest absolute Gasteiger partial charge is 0.480 e. The number of esters is 1. The van der Waals surface area contributed by atoms with Crippen molar-refractivity contribution in [3.63, 3.8) is 0 Å². The van der Waals surface area contributed by atoms with Gasteiger partial charge in [0.1, 0.15) is 5.60 Å². The normalized spacial score (nSPS) is 23.8. The maximum absolute atomic E-state index is 12.7. The minimum Gasteiger partial charge on any atom is -0.480 e. The Hall–Kier alpha value is -2.34. The number of H-pyrrole nitrogens is 1. The van der Waals surface area contributed by atoms with Crippen molar-refractivity contribution in [2.24, 2.45) is 11.1 Å². The zero-order valence-electron chi connectivity index (χ0n) is 14.1. The Kier molecular flexibility index (Phi) is 3.68. The fourth-order valence-electron chi connectivity index (χ4n) is 3.36. The molecule has 2 aromatic rings. The van der Waals surface area contributed by atoms with Crippen LogP contribution in [0.4, 0.5) is 0 Å². The van der Waals surface area contributed by atoms with Crippen LogP contribution >= 0.6 is 0 Å². The predicted molar refractivity (Wildman–Crippen MR) is 89.5 cm³/mol. The summed E-state index contributed by atoms with van der Waals surface area (Å²) in [5, 5.41) is 10.7. The molecule has 0 saturated heterocycles. The molecular weight excluding hydrogens is 308 g/mol. The number of carbonyl (C=O) groups is 2. The highest BCUT2D eigenvalue weighted by Gasteiger charge is 2.53. The van der Waals surface area contributed by atoms with Crippen LogP contribution in [-0.2, 0) is 20.7 Å². The number of aromatic nitrogens is 1. The summed E-state index contributed by atoms with van der Waals surface area (Å²) in [6.45, 7) is 5.17. The average Bonchev–Trinajstić information content (AvgIpc) is 2.84. The summed E-state index contributed by atoms with van der Waals surface area (Å²) in [4.78, 5) is 28.0. The van der Waals surface area contributed by atoms with Gasteiger partial charge in [-0.3, -0.25) is 9.59 Å². The maximum atomic E-state index is 12.7. The van der Waals surface area contributed by atoms with E-state index in [2.05, 4.69) is 4.98 Å². The molecular formula is C18H22N2O4. The van der Waals surface area contributed by atoms with Crippen LogP contribution < -0.4 is 5.73 Å². The molecule has 0 radical (unpaired) electrons. The summed E-state index contributed by atoms with van der Waals surface area (Å²) in [5.41, 5.74) is 6.28. The number of carbonyl (C=O) groups excluding carboxylic acids is 1. The summed E-state index contributed by atoms with van der Waals surface area (Å²) in [6, 6.07) is 7.03. The highest BCUT2D eigenvalue weighted by atomic mass is 16.6. The molecule has 0 aliphatic heterocycles. The third kappa shape index (κ3) is 2.57. The second-order valence-electron chi connectivity index (χ2n) is 7.44. The quantitative estimate of drug-likeness (QED) is 0.579. The Labute approximate surface area is 140 Å². The molecule has 1 aliphatic rings. The van der Waals surface area contributed by atoms with Crippen LogP contribution in [0, 0.1) is 5.41 Å². The van der Waals surface area contributed by atoms with Crippen LogP contribution in [0.15, 0.2) is 24.3 Å². The molecule has 6 heteroatoms. The molecule has 128 valence electrons. The first kappa shape index (κ1) is 16.5. The average molecular weight is 330 g/mol. The van der Waals surface area contributed by atoms with Crippen LogP contribution in [0.5, 0.6) is 0 Å². The van der Waals surface area contributed by atoms with Gasteiger partial charge >= 0.3 is 11.9 Å². The molecule has 4 N–H and O–H groups in total. The van der Waals surface area contributed by atoms with Gasteiger partial charge in [-0.05, 0) is 38.8 Å². The number of benzene rings is 1. The van der Waals surface area contributed by atoms with Crippen molar-refractivity contribution in [1.82, 2.24) is 4.98 Å². The van der Waals surface area contributed by atoms with Gasteiger partial charge in [0.15, 0.2) is 5.41 Å². The van der Waals surface area contributed by atoms with E-state index in [9.17, 15) is 14.7 Å². The standard InChI is InChI=1S/C18H22N2O4/c1-17(2,3)24-16(23)18(15(21)22)8-11-10-6-4-5-7-13(10)20-14(11)12(19)9-18/h4-7,12,20H,8-9,19H2,1-3H3,(H,21,22). The lowest BCUT2D eigenvalue weighted by Gasteiger charge is -2.36. The highest BCUT2D eigenvalue weighted by molar-refractivity contribution is 6.01. The van der Waals surface area contributed by atoms with Gasteiger partial charge in [-0.1, -0.05) is 18.2 Å². The number of hydrogen-bond acceptors (Lipinski definition) is 4. The molecule has 6 nitrogen and oxygen atoms in total. The Morgan fingerprint density at radius 1 is 1.33 bits per heavy atom. The molecule has 24 heavy (non-hydrogen) atoms. The molecule has 0 saturated carbocycles. The van der Waals surface area contributed by atoms with Crippen molar-refractivity contribution in [2.45, 2.75) is 45.3 Å². The van der Waals surface area contributed by atoms with Crippen LogP contribution in [0.3, 0.4) is 0 Å².